The van der Waals surface area contributed by atoms with Crippen molar-refractivity contribution in [2.45, 2.75) is 26.9 Å². The van der Waals surface area contributed by atoms with Crippen LogP contribution in [-0.2, 0) is 16.1 Å². The standard InChI is InChI=1S/C34H40N4O6/c1-6-38(7-2)16-11-17-43-31-19-26-28(21-30(31)41-4)35-23-36-34(26)37-27-20-32(44-22-24-12-9-8-10-13-24)29(40-3)18-25(27)14-15-33(39)42-5/h8-10,12-15,18-21,23H,6-7,11,16-17,22H2,1-5H3,(H,35,36,37)/b15-14+. The lowest BCUT2D eigenvalue weighted by atomic mass is 10.1. The Kier molecular flexibility index (Phi) is 11.8. The van der Waals surface area contributed by atoms with Crippen molar-refractivity contribution in [3.8, 4) is 23.0 Å². The molecule has 4 aromatic rings. The van der Waals surface area contributed by atoms with Crippen molar-refractivity contribution in [2.24, 2.45) is 0 Å². The topological polar surface area (TPSA) is 104 Å². The van der Waals surface area contributed by atoms with Crippen LogP contribution in [0.3, 0.4) is 0 Å². The van der Waals surface area contributed by atoms with Gasteiger partial charge in [0.2, 0.25) is 0 Å². The summed E-state index contributed by atoms with van der Waals surface area (Å²) in [5.74, 6) is 2.27. The average molecular weight is 601 g/mol. The van der Waals surface area contributed by atoms with Crippen molar-refractivity contribution < 1.29 is 28.5 Å². The van der Waals surface area contributed by atoms with Gasteiger partial charge in [-0.1, -0.05) is 44.2 Å². The van der Waals surface area contributed by atoms with Crippen LogP contribution in [0.5, 0.6) is 23.0 Å². The summed E-state index contributed by atoms with van der Waals surface area (Å²) < 4.78 is 28.4. The van der Waals surface area contributed by atoms with Crippen molar-refractivity contribution in [1.82, 2.24) is 14.9 Å². The smallest absolute Gasteiger partial charge is 0.330 e. The summed E-state index contributed by atoms with van der Waals surface area (Å²) >= 11 is 0. The molecule has 0 aliphatic heterocycles. The highest BCUT2D eigenvalue weighted by atomic mass is 16.5. The Morgan fingerprint density at radius 1 is 0.886 bits per heavy atom. The third-order valence-corrected chi connectivity index (χ3v) is 7.12. The van der Waals surface area contributed by atoms with Crippen molar-refractivity contribution in [3.63, 3.8) is 0 Å². The highest BCUT2D eigenvalue weighted by Crippen LogP contribution is 2.39. The molecule has 0 amide bonds. The first-order valence-electron chi connectivity index (χ1n) is 14.6. The first kappa shape index (κ1) is 32.1. The largest absolute Gasteiger partial charge is 0.493 e. The van der Waals surface area contributed by atoms with E-state index in [1.54, 1.807) is 26.4 Å². The molecule has 0 bridgehead atoms. The number of ether oxygens (including phenoxy) is 5. The van der Waals surface area contributed by atoms with E-state index in [1.165, 1.54) is 19.5 Å². The van der Waals surface area contributed by atoms with E-state index in [0.29, 0.717) is 58.8 Å². The molecule has 232 valence electrons. The van der Waals surface area contributed by atoms with Gasteiger partial charge in [0.25, 0.3) is 0 Å². The van der Waals surface area contributed by atoms with E-state index in [4.69, 9.17) is 23.7 Å². The number of esters is 1. The van der Waals surface area contributed by atoms with Gasteiger partial charge in [0.05, 0.1) is 39.1 Å². The maximum absolute atomic E-state index is 12.0. The number of hydrogen-bond acceptors (Lipinski definition) is 10. The van der Waals surface area contributed by atoms with Gasteiger partial charge < -0.3 is 33.9 Å². The summed E-state index contributed by atoms with van der Waals surface area (Å²) in [6.45, 7) is 8.16. The molecule has 0 aliphatic rings. The fourth-order valence-corrected chi connectivity index (χ4v) is 4.63. The van der Waals surface area contributed by atoms with E-state index >= 15 is 0 Å². The maximum Gasteiger partial charge on any atom is 0.330 e. The van der Waals surface area contributed by atoms with E-state index in [-0.39, 0.29) is 0 Å². The Hall–Kier alpha value is -4.83. The summed E-state index contributed by atoms with van der Waals surface area (Å²) in [5.41, 5.74) is 2.98. The Balaban J connectivity index is 1.69. The molecule has 4 rings (SSSR count). The summed E-state index contributed by atoms with van der Waals surface area (Å²) in [6.07, 6.45) is 5.36. The number of anilines is 2. The Morgan fingerprint density at radius 2 is 1.61 bits per heavy atom. The van der Waals surface area contributed by atoms with Crippen LogP contribution in [0.4, 0.5) is 11.5 Å². The lowest BCUT2D eigenvalue weighted by Crippen LogP contribution is -2.25. The molecule has 44 heavy (non-hydrogen) atoms. The van der Waals surface area contributed by atoms with Crippen LogP contribution in [0.1, 0.15) is 31.4 Å². The second kappa shape index (κ2) is 16.1. The molecule has 0 spiro atoms. The SMILES string of the molecule is CCN(CC)CCCOc1cc2c(Nc3cc(OCc4ccccc4)c(OC)cc3/C=C/C(=O)OC)ncnc2cc1OC. The van der Waals surface area contributed by atoms with E-state index in [2.05, 4.69) is 34.0 Å². The van der Waals surface area contributed by atoms with Crippen LogP contribution in [0.2, 0.25) is 0 Å². The van der Waals surface area contributed by atoms with Crippen LogP contribution in [0, 0.1) is 0 Å². The minimum Gasteiger partial charge on any atom is -0.493 e. The predicted molar refractivity (Wildman–Crippen MR) is 172 cm³/mol. The molecule has 0 atom stereocenters. The molecule has 0 unspecified atom stereocenters. The Morgan fingerprint density at radius 3 is 2.32 bits per heavy atom. The first-order valence-corrected chi connectivity index (χ1v) is 14.6. The number of aromatic nitrogens is 2. The number of methoxy groups -OCH3 is 3. The zero-order valence-electron chi connectivity index (χ0n) is 26.0. The summed E-state index contributed by atoms with van der Waals surface area (Å²) in [7, 11) is 4.51. The lowest BCUT2D eigenvalue weighted by molar-refractivity contribution is -0.134. The third-order valence-electron chi connectivity index (χ3n) is 7.12. The number of fused-ring (bicyclic) bond motifs is 1. The van der Waals surface area contributed by atoms with E-state index < -0.39 is 5.97 Å². The molecule has 1 heterocycles. The van der Waals surface area contributed by atoms with Crippen molar-refractivity contribution in [1.29, 1.82) is 0 Å². The normalized spacial score (nSPS) is 11.1. The number of hydrogen-bond donors (Lipinski definition) is 1. The summed E-state index contributed by atoms with van der Waals surface area (Å²) in [5, 5.41) is 4.15. The molecular formula is C34H40N4O6. The van der Waals surface area contributed by atoms with Gasteiger partial charge in [-0.25, -0.2) is 14.8 Å². The zero-order valence-corrected chi connectivity index (χ0v) is 26.0. The van der Waals surface area contributed by atoms with Crippen LogP contribution in [0.15, 0.2) is 67.0 Å². The molecule has 0 saturated heterocycles. The van der Waals surface area contributed by atoms with Gasteiger partial charge in [-0.05, 0) is 43.3 Å². The molecule has 0 saturated carbocycles. The molecule has 0 aliphatic carbocycles. The van der Waals surface area contributed by atoms with E-state index in [0.717, 1.165) is 37.0 Å². The van der Waals surface area contributed by atoms with Gasteiger partial charge in [-0.15, -0.1) is 0 Å². The van der Waals surface area contributed by atoms with Crippen LogP contribution < -0.4 is 24.3 Å². The Bertz CT molecular complexity index is 1560. The van der Waals surface area contributed by atoms with E-state index in [9.17, 15) is 4.79 Å². The quantitative estimate of drug-likeness (QED) is 0.0899. The van der Waals surface area contributed by atoms with Gasteiger partial charge in [0.15, 0.2) is 23.0 Å². The Labute approximate surface area is 258 Å². The lowest BCUT2D eigenvalue weighted by Gasteiger charge is -2.19. The first-order chi connectivity index (χ1) is 21.5. The fraction of sp³-hybridized carbons (Fsp3) is 0.324. The van der Waals surface area contributed by atoms with Crippen molar-refractivity contribution in [2.75, 3.05) is 52.9 Å². The molecular weight excluding hydrogens is 560 g/mol. The maximum atomic E-state index is 12.0. The second-order valence-electron chi connectivity index (χ2n) is 9.82. The number of nitrogens with one attached hydrogen (secondary N) is 1. The minimum absolute atomic E-state index is 0.346. The molecule has 1 N–H and O–H groups in total. The zero-order chi connectivity index (χ0) is 31.3. The summed E-state index contributed by atoms with van der Waals surface area (Å²) in [6, 6.07) is 17.2. The average Bonchev–Trinajstić information content (AvgIpc) is 3.06. The monoisotopic (exact) mass is 600 g/mol. The van der Waals surface area contributed by atoms with Gasteiger partial charge >= 0.3 is 5.97 Å². The molecule has 10 nitrogen and oxygen atoms in total. The highest BCUT2D eigenvalue weighted by molar-refractivity contribution is 5.95. The highest BCUT2D eigenvalue weighted by Gasteiger charge is 2.16. The molecule has 3 aromatic carbocycles. The van der Waals surface area contributed by atoms with Crippen LogP contribution in [-0.4, -0.2) is 68.4 Å². The van der Waals surface area contributed by atoms with Gasteiger partial charge in [-0.3, -0.25) is 0 Å². The second-order valence-corrected chi connectivity index (χ2v) is 9.82. The third kappa shape index (κ3) is 8.38. The molecule has 0 radical (unpaired) electrons. The minimum atomic E-state index is -0.485. The van der Waals surface area contributed by atoms with Crippen molar-refractivity contribution in [3.05, 3.63) is 78.1 Å². The molecule has 10 heteroatoms. The van der Waals surface area contributed by atoms with Gasteiger partial charge in [-0.2, -0.15) is 0 Å². The number of carbonyl (C=O) groups is 1. The molecule has 0 fully saturated rings. The number of benzene rings is 3. The number of nitrogens with zero attached hydrogens (tertiary/aromatic N) is 3. The van der Waals surface area contributed by atoms with Gasteiger partial charge in [0.1, 0.15) is 18.8 Å². The predicted octanol–water partition coefficient (Wildman–Crippen LogP) is 6.27. The van der Waals surface area contributed by atoms with Crippen LogP contribution in [0.25, 0.3) is 17.0 Å². The number of rotatable bonds is 16. The summed E-state index contributed by atoms with van der Waals surface area (Å²) in [4.78, 5) is 23.3. The number of carbonyl (C=O) groups excluding carboxylic acids is 1. The molecule has 1 aromatic heterocycles. The fourth-order valence-electron chi connectivity index (χ4n) is 4.63. The van der Waals surface area contributed by atoms with Gasteiger partial charge in [0, 0.05) is 35.7 Å². The van der Waals surface area contributed by atoms with E-state index in [1.807, 2.05) is 48.5 Å². The van der Waals surface area contributed by atoms with Crippen LogP contribution >= 0.6 is 0 Å². The van der Waals surface area contributed by atoms with Crippen molar-refractivity contribution >= 4 is 34.5 Å².